The number of aromatic nitrogens is 1. The van der Waals surface area contributed by atoms with E-state index in [2.05, 4.69) is 9.88 Å². The van der Waals surface area contributed by atoms with Crippen molar-refractivity contribution in [1.29, 1.82) is 5.26 Å². The lowest BCUT2D eigenvalue weighted by atomic mass is 10.2. The van der Waals surface area contributed by atoms with Gasteiger partial charge in [-0.1, -0.05) is 0 Å². The average molecular weight is 260 g/mol. The second-order valence-corrected chi connectivity index (χ2v) is 4.50. The number of carbonyl (C=O) groups excluding carboxylic acids is 1. The quantitative estimate of drug-likeness (QED) is 0.808. The highest BCUT2D eigenvalue weighted by atomic mass is 16.3. The first kappa shape index (κ1) is 13.3. The molecule has 19 heavy (non-hydrogen) atoms. The summed E-state index contributed by atoms with van der Waals surface area (Å²) in [5.74, 6) is -0.224. The fraction of sp³-hybridized carbons (Fsp3) is 0.462. The van der Waals surface area contributed by atoms with Gasteiger partial charge < -0.3 is 14.9 Å². The van der Waals surface area contributed by atoms with Gasteiger partial charge in [0, 0.05) is 26.2 Å². The molecule has 0 saturated carbocycles. The third-order valence-electron chi connectivity index (χ3n) is 3.18. The Morgan fingerprint density at radius 2 is 2.11 bits per heavy atom. The Kier molecular flexibility index (Phi) is 3.97. The van der Waals surface area contributed by atoms with Gasteiger partial charge in [-0.25, -0.2) is 4.98 Å². The summed E-state index contributed by atoms with van der Waals surface area (Å²) in [7, 11) is 0. The molecule has 2 rings (SSSR count). The third-order valence-corrected chi connectivity index (χ3v) is 3.18. The SMILES string of the molecule is C[C@@H](O)C(=O)N1CCN(c2ccc(C#N)nc2)CC1. The predicted molar refractivity (Wildman–Crippen MR) is 69.4 cm³/mol. The summed E-state index contributed by atoms with van der Waals surface area (Å²) < 4.78 is 0. The van der Waals surface area contributed by atoms with E-state index < -0.39 is 6.10 Å². The molecule has 6 heteroatoms. The van der Waals surface area contributed by atoms with Crippen LogP contribution in [0.15, 0.2) is 18.3 Å². The van der Waals surface area contributed by atoms with E-state index in [1.807, 2.05) is 12.1 Å². The smallest absolute Gasteiger partial charge is 0.251 e. The van der Waals surface area contributed by atoms with Crippen LogP contribution >= 0.6 is 0 Å². The van der Waals surface area contributed by atoms with Gasteiger partial charge in [-0.3, -0.25) is 4.79 Å². The zero-order chi connectivity index (χ0) is 13.8. The van der Waals surface area contributed by atoms with Gasteiger partial charge in [0.2, 0.25) is 0 Å². The molecule has 0 bridgehead atoms. The number of nitrogens with zero attached hydrogens (tertiary/aromatic N) is 4. The van der Waals surface area contributed by atoms with Crippen molar-refractivity contribution < 1.29 is 9.90 Å². The minimum Gasteiger partial charge on any atom is -0.384 e. The molecule has 0 aromatic carbocycles. The topological polar surface area (TPSA) is 80.5 Å². The first-order valence-electron chi connectivity index (χ1n) is 6.20. The molecule has 1 fully saturated rings. The number of pyridine rings is 1. The summed E-state index contributed by atoms with van der Waals surface area (Å²) >= 11 is 0. The largest absolute Gasteiger partial charge is 0.384 e. The molecule has 0 radical (unpaired) electrons. The lowest BCUT2D eigenvalue weighted by molar-refractivity contribution is -0.139. The molecule has 1 saturated heterocycles. The molecule has 0 spiro atoms. The van der Waals surface area contributed by atoms with Gasteiger partial charge >= 0.3 is 0 Å². The number of aliphatic hydroxyl groups excluding tert-OH is 1. The van der Waals surface area contributed by atoms with Crippen LogP contribution in [0.1, 0.15) is 12.6 Å². The number of rotatable bonds is 2. The number of aliphatic hydroxyl groups is 1. The first-order valence-corrected chi connectivity index (χ1v) is 6.20. The van der Waals surface area contributed by atoms with Crippen LogP contribution in [0, 0.1) is 11.3 Å². The molecule has 1 N–H and O–H groups in total. The molecule has 1 aliphatic heterocycles. The highest BCUT2D eigenvalue weighted by Gasteiger charge is 2.23. The van der Waals surface area contributed by atoms with Gasteiger partial charge in [-0.05, 0) is 19.1 Å². The molecular formula is C13H16N4O2. The second-order valence-electron chi connectivity index (χ2n) is 4.50. The summed E-state index contributed by atoms with van der Waals surface area (Å²) in [6.45, 7) is 4.06. The number of nitriles is 1. The van der Waals surface area contributed by atoms with E-state index >= 15 is 0 Å². The zero-order valence-corrected chi connectivity index (χ0v) is 10.8. The van der Waals surface area contributed by atoms with Crippen LogP contribution < -0.4 is 4.90 Å². The number of anilines is 1. The maximum absolute atomic E-state index is 11.6. The van der Waals surface area contributed by atoms with Crippen molar-refractivity contribution in [2.75, 3.05) is 31.1 Å². The minimum absolute atomic E-state index is 0.224. The zero-order valence-electron chi connectivity index (χ0n) is 10.8. The summed E-state index contributed by atoms with van der Waals surface area (Å²) in [6, 6.07) is 5.52. The normalized spacial score (nSPS) is 16.9. The highest BCUT2D eigenvalue weighted by molar-refractivity contribution is 5.80. The molecule has 6 nitrogen and oxygen atoms in total. The molecule has 1 aliphatic rings. The number of carbonyl (C=O) groups is 1. The number of amides is 1. The Bertz CT molecular complexity index is 484. The Labute approximate surface area is 111 Å². The van der Waals surface area contributed by atoms with Gasteiger partial charge in [-0.15, -0.1) is 0 Å². The van der Waals surface area contributed by atoms with Gasteiger partial charge in [0.05, 0.1) is 11.9 Å². The second kappa shape index (κ2) is 5.67. The molecular weight excluding hydrogens is 244 g/mol. The van der Waals surface area contributed by atoms with Crippen molar-refractivity contribution in [3.8, 4) is 6.07 Å². The third kappa shape index (κ3) is 3.01. The molecule has 1 aromatic heterocycles. The van der Waals surface area contributed by atoms with Crippen LogP contribution in [-0.4, -0.2) is 53.2 Å². The molecule has 1 amide bonds. The maximum atomic E-state index is 11.6. The van der Waals surface area contributed by atoms with E-state index in [4.69, 9.17) is 5.26 Å². The standard InChI is InChI=1S/C13H16N4O2/c1-10(18)13(19)17-6-4-16(5-7-17)12-3-2-11(8-14)15-9-12/h2-3,9-10,18H,4-7H2,1H3/t10-/m1/s1. The van der Waals surface area contributed by atoms with Crippen LogP contribution in [0.2, 0.25) is 0 Å². The van der Waals surface area contributed by atoms with Gasteiger partial charge in [-0.2, -0.15) is 5.26 Å². The molecule has 1 atom stereocenters. The van der Waals surface area contributed by atoms with E-state index in [1.165, 1.54) is 6.92 Å². The minimum atomic E-state index is -0.942. The van der Waals surface area contributed by atoms with Crippen molar-refractivity contribution in [3.63, 3.8) is 0 Å². The lowest BCUT2D eigenvalue weighted by Gasteiger charge is -2.36. The van der Waals surface area contributed by atoms with Gasteiger partial charge in [0.1, 0.15) is 17.9 Å². The molecule has 0 aliphatic carbocycles. The van der Waals surface area contributed by atoms with Gasteiger partial charge in [0.25, 0.3) is 5.91 Å². The fourth-order valence-electron chi connectivity index (χ4n) is 2.09. The summed E-state index contributed by atoms with van der Waals surface area (Å²) in [6.07, 6.45) is 0.730. The van der Waals surface area contributed by atoms with Crippen molar-refractivity contribution in [2.24, 2.45) is 0 Å². The van der Waals surface area contributed by atoms with Crippen LogP contribution in [0.5, 0.6) is 0 Å². The van der Waals surface area contributed by atoms with Gasteiger partial charge in [0.15, 0.2) is 0 Å². The Hall–Kier alpha value is -2.13. The Morgan fingerprint density at radius 3 is 2.58 bits per heavy atom. The number of piperazine rings is 1. The number of hydrogen-bond acceptors (Lipinski definition) is 5. The monoisotopic (exact) mass is 260 g/mol. The molecule has 0 unspecified atom stereocenters. The summed E-state index contributed by atoms with van der Waals surface area (Å²) in [5.41, 5.74) is 1.34. The summed E-state index contributed by atoms with van der Waals surface area (Å²) in [4.78, 5) is 19.4. The van der Waals surface area contributed by atoms with E-state index in [-0.39, 0.29) is 5.91 Å². The fourth-order valence-corrected chi connectivity index (χ4v) is 2.09. The van der Waals surface area contributed by atoms with Crippen LogP contribution in [-0.2, 0) is 4.79 Å². The maximum Gasteiger partial charge on any atom is 0.251 e. The lowest BCUT2D eigenvalue weighted by Crippen LogP contribution is -2.51. The van der Waals surface area contributed by atoms with E-state index in [9.17, 15) is 9.90 Å². The molecule has 2 heterocycles. The van der Waals surface area contributed by atoms with Crippen LogP contribution in [0.3, 0.4) is 0 Å². The predicted octanol–water partition coefficient (Wildman–Crippen LogP) is -0.0173. The summed E-state index contributed by atoms with van der Waals surface area (Å²) in [5, 5.41) is 18.0. The highest BCUT2D eigenvalue weighted by Crippen LogP contribution is 2.15. The molecule has 1 aromatic rings. The van der Waals surface area contributed by atoms with E-state index in [1.54, 1.807) is 17.2 Å². The van der Waals surface area contributed by atoms with Crippen LogP contribution in [0.4, 0.5) is 5.69 Å². The molecule has 100 valence electrons. The Balaban J connectivity index is 1.96. The van der Waals surface area contributed by atoms with Crippen molar-refractivity contribution >= 4 is 11.6 Å². The van der Waals surface area contributed by atoms with Crippen molar-refractivity contribution in [3.05, 3.63) is 24.0 Å². The van der Waals surface area contributed by atoms with E-state index in [0.29, 0.717) is 31.9 Å². The van der Waals surface area contributed by atoms with Crippen molar-refractivity contribution in [2.45, 2.75) is 13.0 Å². The van der Waals surface area contributed by atoms with E-state index in [0.717, 1.165) is 5.69 Å². The Morgan fingerprint density at radius 1 is 1.42 bits per heavy atom. The van der Waals surface area contributed by atoms with Crippen LogP contribution in [0.25, 0.3) is 0 Å². The van der Waals surface area contributed by atoms with Crippen molar-refractivity contribution in [1.82, 2.24) is 9.88 Å². The first-order chi connectivity index (χ1) is 9.11. The number of hydrogen-bond donors (Lipinski definition) is 1. The average Bonchev–Trinajstić information content (AvgIpc) is 2.46.